The minimum absolute atomic E-state index is 0.0934. The lowest BCUT2D eigenvalue weighted by Gasteiger charge is -2.33. The Kier molecular flexibility index (Phi) is 6.36. The van der Waals surface area contributed by atoms with Crippen LogP contribution in [0.1, 0.15) is 18.4 Å². The molecule has 0 unspecified atom stereocenters. The predicted molar refractivity (Wildman–Crippen MR) is 107 cm³/mol. The standard InChI is InChI=1S/C20H22ClN3O4/c1-28-17-9-16(10-22-11-17)24-6-2-3-13(12-24)20(27)23-15-4-5-18(21)14(7-15)8-19(25)26/h4-5,7,9-11,13H,2-3,6,8,12H2,1H3,(H,23,27)(H,25,26)/t13-/m0/s1. The van der Waals surface area contributed by atoms with Crippen molar-refractivity contribution in [1.82, 2.24) is 4.98 Å². The molecule has 2 heterocycles. The van der Waals surface area contributed by atoms with Crippen LogP contribution in [0, 0.1) is 5.92 Å². The molecule has 1 amide bonds. The number of carbonyl (C=O) groups is 2. The number of rotatable bonds is 6. The van der Waals surface area contributed by atoms with Crippen LogP contribution in [-0.2, 0) is 16.0 Å². The van der Waals surface area contributed by atoms with E-state index in [4.69, 9.17) is 21.4 Å². The SMILES string of the molecule is COc1cncc(N2CCC[C@H](C(=O)Nc3ccc(Cl)c(CC(=O)O)c3)C2)c1. The van der Waals surface area contributed by atoms with Crippen LogP contribution >= 0.6 is 11.6 Å². The molecule has 1 aromatic heterocycles. The van der Waals surface area contributed by atoms with Gasteiger partial charge in [-0.2, -0.15) is 0 Å². The van der Waals surface area contributed by atoms with Crippen molar-refractivity contribution in [3.8, 4) is 5.75 Å². The number of ether oxygens (including phenoxy) is 1. The van der Waals surface area contributed by atoms with Crippen LogP contribution in [0.4, 0.5) is 11.4 Å². The summed E-state index contributed by atoms with van der Waals surface area (Å²) >= 11 is 6.04. The van der Waals surface area contributed by atoms with E-state index in [-0.39, 0.29) is 18.2 Å². The van der Waals surface area contributed by atoms with Crippen molar-refractivity contribution in [2.24, 2.45) is 5.92 Å². The summed E-state index contributed by atoms with van der Waals surface area (Å²) in [5.74, 6) is -0.570. The first-order valence-electron chi connectivity index (χ1n) is 9.01. The van der Waals surface area contributed by atoms with E-state index in [0.717, 1.165) is 25.1 Å². The predicted octanol–water partition coefficient (Wildman–Crippen LogP) is 3.23. The van der Waals surface area contributed by atoms with Gasteiger partial charge in [-0.15, -0.1) is 0 Å². The largest absolute Gasteiger partial charge is 0.495 e. The minimum Gasteiger partial charge on any atom is -0.495 e. The molecule has 7 nitrogen and oxygen atoms in total. The number of hydrogen-bond acceptors (Lipinski definition) is 5. The van der Waals surface area contributed by atoms with Gasteiger partial charge in [-0.05, 0) is 36.6 Å². The molecule has 0 radical (unpaired) electrons. The molecule has 1 aromatic carbocycles. The van der Waals surface area contributed by atoms with Crippen molar-refractivity contribution in [3.63, 3.8) is 0 Å². The average molecular weight is 404 g/mol. The number of nitrogens with one attached hydrogen (secondary N) is 1. The number of nitrogens with zero attached hydrogens (tertiary/aromatic N) is 2. The summed E-state index contributed by atoms with van der Waals surface area (Å²) < 4.78 is 5.23. The molecule has 1 aliphatic heterocycles. The summed E-state index contributed by atoms with van der Waals surface area (Å²) in [4.78, 5) is 30.0. The fourth-order valence-corrected chi connectivity index (χ4v) is 3.50. The van der Waals surface area contributed by atoms with Crippen molar-refractivity contribution in [1.29, 1.82) is 0 Å². The molecule has 1 atom stereocenters. The van der Waals surface area contributed by atoms with Gasteiger partial charge in [-0.3, -0.25) is 14.6 Å². The third-order valence-corrected chi connectivity index (χ3v) is 5.12. The van der Waals surface area contributed by atoms with Crippen molar-refractivity contribution in [3.05, 3.63) is 47.2 Å². The maximum absolute atomic E-state index is 12.8. The smallest absolute Gasteiger partial charge is 0.307 e. The monoisotopic (exact) mass is 403 g/mol. The molecule has 0 bridgehead atoms. The van der Waals surface area contributed by atoms with Crippen LogP contribution in [0.5, 0.6) is 5.75 Å². The van der Waals surface area contributed by atoms with E-state index in [1.54, 1.807) is 37.7 Å². The van der Waals surface area contributed by atoms with Gasteiger partial charge in [0, 0.05) is 29.9 Å². The molecule has 3 rings (SSSR count). The Morgan fingerprint density at radius 3 is 2.93 bits per heavy atom. The zero-order valence-corrected chi connectivity index (χ0v) is 16.3. The lowest BCUT2D eigenvalue weighted by Crippen LogP contribution is -2.40. The highest BCUT2D eigenvalue weighted by atomic mass is 35.5. The first-order valence-corrected chi connectivity index (χ1v) is 9.39. The number of carboxylic acid groups (broad SMARTS) is 1. The van der Waals surface area contributed by atoms with Crippen LogP contribution in [0.2, 0.25) is 5.02 Å². The Morgan fingerprint density at radius 2 is 2.18 bits per heavy atom. The molecular weight excluding hydrogens is 382 g/mol. The second kappa shape index (κ2) is 8.93. The number of methoxy groups -OCH3 is 1. The summed E-state index contributed by atoms with van der Waals surface area (Å²) in [6, 6.07) is 6.80. The molecular formula is C20H22ClN3O4. The number of anilines is 2. The Balaban J connectivity index is 1.68. The van der Waals surface area contributed by atoms with E-state index < -0.39 is 5.97 Å². The maximum atomic E-state index is 12.8. The molecule has 2 N–H and O–H groups in total. The van der Waals surface area contributed by atoms with Crippen LogP contribution in [-0.4, -0.2) is 42.2 Å². The third-order valence-electron chi connectivity index (χ3n) is 4.75. The van der Waals surface area contributed by atoms with Gasteiger partial charge in [0.1, 0.15) is 5.75 Å². The molecule has 0 spiro atoms. The molecule has 8 heteroatoms. The summed E-state index contributed by atoms with van der Waals surface area (Å²) in [7, 11) is 1.60. The first-order chi connectivity index (χ1) is 13.5. The van der Waals surface area contributed by atoms with Gasteiger partial charge in [0.25, 0.3) is 0 Å². The number of hydrogen-bond donors (Lipinski definition) is 2. The van der Waals surface area contributed by atoms with Gasteiger partial charge in [0.15, 0.2) is 0 Å². The van der Waals surface area contributed by atoms with Gasteiger partial charge in [0.2, 0.25) is 5.91 Å². The van der Waals surface area contributed by atoms with Crippen LogP contribution in [0.15, 0.2) is 36.7 Å². The number of piperidine rings is 1. The lowest BCUT2D eigenvalue weighted by atomic mass is 9.96. The van der Waals surface area contributed by atoms with E-state index in [1.807, 2.05) is 6.07 Å². The van der Waals surface area contributed by atoms with Crippen molar-refractivity contribution in [2.75, 3.05) is 30.4 Å². The van der Waals surface area contributed by atoms with Crippen LogP contribution in [0.25, 0.3) is 0 Å². The summed E-state index contributed by atoms with van der Waals surface area (Å²) in [6.07, 6.45) is 4.89. The molecule has 148 valence electrons. The number of benzene rings is 1. The van der Waals surface area contributed by atoms with Gasteiger partial charge in [-0.25, -0.2) is 0 Å². The maximum Gasteiger partial charge on any atom is 0.307 e. The van der Waals surface area contributed by atoms with Gasteiger partial charge in [-0.1, -0.05) is 11.6 Å². The number of aliphatic carboxylic acids is 1. The number of halogens is 1. The zero-order chi connectivity index (χ0) is 20.1. The Bertz CT molecular complexity index is 874. The molecule has 1 saturated heterocycles. The number of amides is 1. The summed E-state index contributed by atoms with van der Waals surface area (Å²) in [6.45, 7) is 1.43. The molecule has 28 heavy (non-hydrogen) atoms. The molecule has 2 aromatic rings. The van der Waals surface area contributed by atoms with Gasteiger partial charge >= 0.3 is 5.97 Å². The van der Waals surface area contributed by atoms with E-state index >= 15 is 0 Å². The van der Waals surface area contributed by atoms with E-state index in [2.05, 4.69) is 15.2 Å². The fourth-order valence-electron chi connectivity index (χ4n) is 3.31. The number of carbonyl (C=O) groups excluding carboxylic acids is 1. The zero-order valence-electron chi connectivity index (χ0n) is 15.5. The Hall–Kier alpha value is -2.80. The quantitative estimate of drug-likeness (QED) is 0.769. The lowest BCUT2D eigenvalue weighted by molar-refractivity contribution is -0.136. The van der Waals surface area contributed by atoms with Gasteiger partial charge in [0.05, 0.1) is 37.5 Å². The topological polar surface area (TPSA) is 91.8 Å². The molecule has 1 aliphatic rings. The summed E-state index contributed by atoms with van der Waals surface area (Å²) in [5.41, 5.74) is 1.94. The first kappa shape index (κ1) is 19.9. The highest BCUT2D eigenvalue weighted by Crippen LogP contribution is 2.27. The Morgan fingerprint density at radius 1 is 1.36 bits per heavy atom. The van der Waals surface area contributed by atoms with Crippen LogP contribution in [0.3, 0.4) is 0 Å². The van der Waals surface area contributed by atoms with E-state index in [1.165, 1.54) is 0 Å². The third kappa shape index (κ3) is 4.92. The Labute approximate surface area is 168 Å². The second-order valence-electron chi connectivity index (χ2n) is 6.73. The number of aromatic nitrogens is 1. The van der Waals surface area contributed by atoms with Crippen molar-refractivity contribution >= 4 is 34.9 Å². The van der Waals surface area contributed by atoms with Crippen molar-refractivity contribution in [2.45, 2.75) is 19.3 Å². The molecule has 0 aliphatic carbocycles. The molecule has 0 saturated carbocycles. The fraction of sp³-hybridized carbons (Fsp3) is 0.350. The highest BCUT2D eigenvalue weighted by molar-refractivity contribution is 6.31. The summed E-state index contributed by atoms with van der Waals surface area (Å²) in [5, 5.41) is 12.2. The number of carboxylic acids is 1. The normalized spacial score (nSPS) is 16.5. The minimum atomic E-state index is -0.972. The van der Waals surface area contributed by atoms with Gasteiger partial charge < -0.3 is 20.1 Å². The van der Waals surface area contributed by atoms with E-state index in [9.17, 15) is 9.59 Å². The van der Waals surface area contributed by atoms with Crippen LogP contribution < -0.4 is 15.0 Å². The average Bonchev–Trinajstić information content (AvgIpc) is 2.70. The number of pyridine rings is 1. The highest BCUT2D eigenvalue weighted by Gasteiger charge is 2.26. The van der Waals surface area contributed by atoms with Crippen molar-refractivity contribution < 1.29 is 19.4 Å². The molecule has 1 fully saturated rings. The second-order valence-corrected chi connectivity index (χ2v) is 7.14. The van der Waals surface area contributed by atoms with E-state index in [0.29, 0.717) is 28.6 Å².